The number of methoxy groups -OCH3 is 2. The van der Waals surface area contributed by atoms with Crippen LogP contribution in [0.4, 0.5) is 11.5 Å². The Balaban J connectivity index is 0.00000320. The van der Waals surface area contributed by atoms with Crippen molar-refractivity contribution in [2.75, 3.05) is 46.0 Å². The molecule has 0 bridgehead atoms. The van der Waals surface area contributed by atoms with Gasteiger partial charge in [-0.3, -0.25) is 0 Å². The molecule has 0 aliphatic rings. The smallest absolute Gasteiger partial charge is 0.163 e. The van der Waals surface area contributed by atoms with Crippen molar-refractivity contribution in [3.05, 3.63) is 48.3 Å². The maximum Gasteiger partial charge on any atom is 0.163 e. The number of fused-ring (bicyclic) bond motifs is 1. The summed E-state index contributed by atoms with van der Waals surface area (Å²) in [6, 6.07) is 11.2. The maximum atomic E-state index is 5.86. The number of hydrogen-bond donors (Lipinski definition) is 1. The molecule has 0 saturated carbocycles. The number of aromatic nitrogens is 2. The number of halogens is 1. The fourth-order valence-corrected chi connectivity index (χ4v) is 2.65. The Labute approximate surface area is 182 Å². The molecule has 0 unspecified atom stereocenters. The first kappa shape index (κ1) is 23.2. The van der Waals surface area contributed by atoms with Crippen LogP contribution < -0.4 is 14.8 Å². The minimum absolute atomic E-state index is 0. The van der Waals surface area contributed by atoms with Crippen LogP contribution in [0.2, 0.25) is 0 Å². The number of terminal acetylenes is 1. The Morgan fingerprint density at radius 3 is 2.13 bits per heavy atom. The van der Waals surface area contributed by atoms with Crippen LogP contribution in [0.25, 0.3) is 10.9 Å². The minimum Gasteiger partial charge on any atom is -0.487 e. The molecule has 0 spiro atoms. The van der Waals surface area contributed by atoms with E-state index in [0.29, 0.717) is 43.7 Å². The molecule has 0 radical (unpaired) electrons. The van der Waals surface area contributed by atoms with Gasteiger partial charge < -0.3 is 24.3 Å². The van der Waals surface area contributed by atoms with Gasteiger partial charge in [0.05, 0.1) is 18.7 Å². The molecular weight excluding hydrogens is 406 g/mol. The second-order valence-electron chi connectivity index (χ2n) is 6.07. The second-order valence-corrected chi connectivity index (χ2v) is 6.07. The van der Waals surface area contributed by atoms with E-state index in [2.05, 4.69) is 21.2 Å². The molecule has 1 heterocycles. The van der Waals surface area contributed by atoms with Crippen LogP contribution >= 0.6 is 12.4 Å². The van der Waals surface area contributed by atoms with Gasteiger partial charge >= 0.3 is 0 Å². The molecule has 158 valence electrons. The van der Waals surface area contributed by atoms with Crippen LogP contribution in [-0.2, 0) is 9.47 Å². The van der Waals surface area contributed by atoms with E-state index in [-0.39, 0.29) is 12.4 Å². The Bertz CT molecular complexity index is 990. The largest absolute Gasteiger partial charge is 0.487 e. The molecule has 0 atom stereocenters. The molecule has 0 amide bonds. The van der Waals surface area contributed by atoms with Gasteiger partial charge in [0, 0.05) is 36.9 Å². The number of benzene rings is 2. The van der Waals surface area contributed by atoms with Gasteiger partial charge in [0.25, 0.3) is 0 Å². The summed E-state index contributed by atoms with van der Waals surface area (Å²) in [5.74, 6) is 4.44. The lowest BCUT2D eigenvalue weighted by atomic mass is 10.2. The van der Waals surface area contributed by atoms with Gasteiger partial charge in [-0.1, -0.05) is 5.92 Å². The Kier molecular flexibility index (Phi) is 9.16. The summed E-state index contributed by atoms with van der Waals surface area (Å²) in [5.41, 5.74) is 2.41. The Morgan fingerprint density at radius 2 is 1.53 bits per heavy atom. The molecule has 1 N–H and O–H groups in total. The third-order valence-electron chi connectivity index (χ3n) is 4.11. The molecule has 0 aliphatic heterocycles. The monoisotopic (exact) mass is 429 g/mol. The highest BCUT2D eigenvalue weighted by atomic mass is 35.5. The molecule has 1 aromatic heterocycles. The fourth-order valence-electron chi connectivity index (χ4n) is 2.65. The topological polar surface area (TPSA) is 74.7 Å². The van der Waals surface area contributed by atoms with Crippen molar-refractivity contribution in [1.82, 2.24) is 9.97 Å². The van der Waals surface area contributed by atoms with E-state index in [4.69, 9.17) is 25.4 Å². The molecule has 3 aromatic rings. The van der Waals surface area contributed by atoms with Crippen molar-refractivity contribution in [1.29, 1.82) is 0 Å². The van der Waals surface area contributed by atoms with Crippen LogP contribution in [0.15, 0.2) is 42.7 Å². The lowest BCUT2D eigenvalue weighted by Gasteiger charge is -2.15. The lowest BCUT2D eigenvalue weighted by molar-refractivity contribution is 0.132. The van der Waals surface area contributed by atoms with Crippen LogP contribution in [0.5, 0.6) is 11.5 Å². The van der Waals surface area contributed by atoms with E-state index >= 15 is 0 Å². The first-order valence-corrected chi connectivity index (χ1v) is 9.11. The predicted molar refractivity (Wildman–Crippen MR) is 119 cm³/mol. The Hall–Kier alpha value is -3.05. The summed E-state index contributed by atoms with van der Waals surface area (Å²) in [6.07, 6.45) is 6.92. The number of nitrogens with one attached hydrogen (secondary N) is 1. The van der Waals surface area contributed by atoms with E-state index in [9.17, 15) is 0 Å². The summed E-state index contributed by atoms with van der Waals surface area (Å²) in [4.78, 5) is 8.75. The van der Waals surface area contributed by atoms with Crippen LogP contribution in [0.1, 0.15) is 5.56 Å². The number of hydrogen-bond acceptors (Lipinski definition) is 7. The van der Waals surface area contributed by atoms with Crippen molar-refractivity contribution < 1.29 is 18.9 Å². The quantitative estimate of drug-likeness (QED) is 0.387. The van der Waals surface area contributed by atoms with Gasteiger partial charge in [-0.25, -0.2) is 9.97 Å². The van der Waals surface area contributed by atoms with Gasteiger partial charge in [0.1, 0.15) is 25.4 Å². The van der Waals surface area contributed by atoms with Gasteiger partial charge in [-0.05, 0) is 30.3 Å². The van der Waals surface area contributed by atoms with Crippen molar-refractivity contribution in [3.63, 3.8) is 0 Å². The van der Waals surface area contributed by atoms with E-state index in [0.717, 1.165) is 22.2 Å². The molecule has 0 aliphatic carbocycles. The normalized spacial score (nSPS) is 10.2. The van der Waals surface area contributed by atoms with E-state index in [1.54, 1.807) is 14.2 Å². The van der Waals surface area contributed by atoms with Crippen LogP contribution in [0.3, 0.4) is 0 Å². The highest BCUT2D eigenvalue weighted by Crippen LogP contribution is 2.35. The van der Waals surface area contributed by atoms with Crippen LogP contribution in [-0.4, -0.2) is 50.6 Å². The van der Waals surface area contributed by atoms with Crippen molar-refractivity contribution in [2.24, 2.45) is 0 Å². The van der Waals surface area contributed by atoms with Crippen LogP contribution in [0, 0.1) is 12.3 Å². The number of ether oxygens (including phenoxy) is 4. The average molecular weight is 430 g/mol. The van der Waals surface area contributed by atoms with E-state index in [1.807, 2.05) is 36.4 Å². The third kappa shape index (κ3) is 5.97. The van der Waals surface area contributed by atoms with Gasteiger partial charge in [0.15, 0.2) is 11.5 Å². The first-order chi connectivity index (χ1) is 14.2. The summed E-state index contributed by atoms with van der Waals surface area (Å²) < 4.78 is 21.8. The number of nitrogens with zero attached hydrogens (tertiary/aromatic N) is 2. The van der Waals surface area contributed by atoms with E-state index in [1.165, 1.54) is 6.33 Å². The van der Waals surface area contributed by atoms with Gasteiger partial charge in [-0.2, -0.15) is 0 Å². The molecule has 7 nitrogen and oxygen atoms in total. The van der Waals surface area contributed by atoms with Gasteiger partial charge in [-0.15, -0.1) is 18.8 Å². The molecule has 0 fully saturated rings. The maximum absolute atomic E-state index is 5.86. The second kappa shape index (κ2) is 11.8. The highest BCUT2D eigenvalue weighted by Gasteiger charge is 2.13. The molecule has 8 heteroatoms. The van der Waals surface area contributed by atoms with Crippen molar-refractivity contribution >= 4 is 34.8 Å². The zero-order chi connectivity index (χ0) is 20.5. The summed E-state index contributed by atoms with van der Waals surface area (Å²) >= 11 is 0. The fraction of sp³-hybridized carbons (Fsp3) is 0.273. The summed E-state index contributed by atoms with van der Waals surface area (Å²) in [7, 11) is 3.25. The van der Waals surface area contributed by atoms with E-state index < -0.39 is 0 Å². The summed E-state index contributed by atoms with van der Waals surface area (Å²) in [5, 5.41) is 4.11. The SMILES string of the molecule is C#Cc1ccc(Nc2ncnc3cc(OCCOC)c(OCCOC)cc23)cc1.Cl. The standard InChI is InChI=1S/C22H23N3O4.ClH/c1-4-16-5-7-17(8-6-16)25-22-18-13-20(28-11-9-26-2)21(29-12-10-27-3)14-19(18)23-15-24-22;/h1,5-8,13-15H,9-12H2,2-3H3,(H,23,24,25);1H. The molecule has 30 heavy (non-hydrogen) atoms. The summed E-state index contributed by atoms with van der Waals surface area (Å²) in [6.45, 7) is 1.74. The molecule has 3 rings (SSSR count). The Morgan fingerprint density at radius 1 is 0.900 bits per heavy atom. The molecule has 2 aromatic carbocycles. The minimum atomic E-state index is 0. The third-order valence-corrected chi connectivity index (χ3v) is 4.11. The zero-order valence-corrected chi connectivity index (χ0v) is 17.7. The molecule has 0 saturated heterocycles. The van der Waals surface area contributed by atoms with Crippen molar-refractivity contribution in [3.8, 4) is 23.8 Å². The van der Waals surface area contributed by atoms with Crippen molar-refractivity contribution in [2.45, 2.75) is 0 Å². The number of rotatable bonds is 10. The van der Waals surface area contributed by atoms with Gasteiger partial charge in [0.2, 0.25) is 0 Å². The number of anilines is 2. The first-order valence-electron chi connectivity index (χ1n) is 9.11. The lowest BCUT2D eigenvalue weighted by Crippen LogP contribution is -2.09. The molecular formula is C22H24ClN3O4. The zero-order valence-electron chi connectivity index (χ0n) is 16.9. The highest BCUT2D eigenvalue weighted by molar-refractivity contribution is 5.93. The average Bonchev–Trinajstić information content (AvgIpc) is 2.75. The predicted octanol–water partition coefficient (Wildman–Crippen LogP) is 3.83.